The second-order valence-corrected chi connectivity index (χ2v) is 8.51. The third kappa shape index (κ3) is 4.80. The van der Waals surface area contributed by atoms with Crippen molar-refractivity contribution in [2.45, 2.75) is 57.8 Å². The molecule has 0 radical (unpaired) electrons. The number of nitrogens with zero attached hydrogens (tertiary/aromatic N) is 2. The number of imidazole rings is 1. The average Bonchev–Trinajstić information content (AvgIpc) is 3.25. The zero-order chi connectivity index (χ0) is 20.1. The number of aliphatic hydroxyl groups is 1. The van der Waals surface area contributed by atoms with Crippen LogP contribution in [0.15, 0.2) is 36.8 Å². The first-order valence-electron chi connectivity index (χ1n) is 10.0. The van der Waals surface area contributed by atoms with E-state index in [2.05, 4.69) is 43.9 Å². The molecule has 0 aliphatic carbocycles. The Kier molecular flexibility index (Phi) is 6.52. The number of rotatable bonds is 4. The predicted octanol–water partition coefficient (Wildman–Crippen LogP) is 3.16. The molecule has 0 bridgehead atoms. The summed E-state index contributed by atoms with van der Waals surface area (Å²) in [6.07, 6.45) is 6.52. The molecule has 2 unspecified atom stereocenters. The second kappa shape index (κ2) is 8.88. The first kappa shape index (κ1) is 20.6. The quantitative estimate of drug-likeness (QED) is 0.791. The molecule has 2 N–H and O–H groups in total. The van der Waals surface area contributed by atoms with E-state index in [-0.39, 0.29) is 17.7 Å². The normalized spacial score (nSPS) is 19.8. The van der Waals surface area contributed by atoms with Gasteiger partial charge < -0.3 is 19.7 Å². The van der Waals surface area contributed by atoms with Crippen LogP contribution in [0.3, 0.4) is 0 Å². The minimum absolute atomic E-state index is 0.226. The molecule has 2 aromatic rings. The van der Waals surface area contributed by atoms with Crippen molar-refractivity contribution in [2.24, 2.45) is 5.92 Å². The van der Waals surface area contributed by atoms with Gasteiger partial charge in [0.15, 0.2) is 0 Å². The van der Waals surface area contributed by atoms with E-state index in [9.17, 15) is 9.90 Å². The zero-order valence-electron chi connectivity index (χ0n) is 17.0. The van der Waals surface area contributed by atoms with Gasteiger partial charge in [0.2, 0.25) is 0 Å². The van der Waals surface area contributed by atoms with E-state index in [1.54, 1.807) is 0 Å². The third-order valence-corrected chi connectivity index (χ3v) is 5.39. The van der Waals surface area contributed by atoms with E-state index in [1.807, 2.05) is 33.3 Å². The summed E-state index contributed by atoms with van der Waals surface area (Å²) in [4.78, 5) is 13.9. The number of ether oxygens (including phenoxy) is 1. The number of carbonyl (C=O) groups is 1. The Morgan fingerprint density at radius 2 is 2.04 bits per heavy atom. The molecule has 28 heavy (non-hydrogen) atoms. The molecular weight excluding hydrogens is 354 g/mol. The number of fused-ring (bicyclic) bond motifs is 3. The highest BCUT2D eigenvalue weighted by Crippen LogP contribution is 2.42. The summed E-state index contributed by atoms with van der Waals surface area (Å²) in [6, 6.07) is 8.72. The van der Waals surface area contributed by atoms with Gasteiger partial charge in [0.25, 0.3) is 6.47 Å². The van der Waals surface area contributed by atoms with E-state index in [1.165, 1.54) is 16.8 Å². The molecule has 0 saturated carbocycles. The summed E-state index contributed by atoms with van der Waals surface area (Å²) in [5.74, 6) is 0.422. The van der Waals surface area contributed by atoms with Crippen LogP contribution in [0.1, 0.15) is 51.6 Å². The fourth-order valence-electron chi connectivity index (χ4n) is 3.97. The molecule has 1 aromatic heterocycles. The maximum atomic E-state index is 10.7. The number of carbonyl (C=O) groups excluding carboxylic acids is 1. The van der Waals surface area contributed by atoms with Crippen LogP contribution in [0.5, 0.6) is 0 Å². The van der Waals surface area contributed by atoms with Gasteiger partial charge in [0, 0.05) is 5.56 Å². The Bertz CT molecular complexity index is 775. The minimum atomic E-state index is -0.318. The molecule has 6 nitrogen and oxygen atoms in total. The molecule has 0 amide bonds. The van der Waals surface area contributed by atoms with Crippen LogP contribution in [0.2, 0.25) is 0 Å². The third-order valence-electron chi connectivity index (χ3n) is 5.39. The van der Waals surface area contributed by atoms with Gasteiger partial charge >= 0.3 is 0 Å². The highest BCUT2D eigenvalue weighted by atomic mass is 16.5. The number of aliphatic hydroxyl groups excluding tert-OH is 1. The average molecular weight is 386 g/mol. The number of nitrogens with one attached hydrogen (secondary N) is 1. The van der Waals surface area contributed by atoms with Crippen molar-refractivity contribution < 1.29 is 14.6 Å². The highest BCUT2D eigenvalue weighted by molar-refractivity contribution is 5.68. The SMILES string of the molecule is CC(C)(C)OC=O.OC(CC1c2ccccc2-c2cncn21)C1CCNCC1. The Labute approximate surface area is 166 Å². The molecule has 152 valence electrons. The van der Waals surface area contributed by atoms with Crippen LogP contribution < -0.4 is 5.32 Å². The van der Waals surface area contributed by atoms with Gasteiger partial charge in [-0.2, -0.15) is 0 Å². The van der Waals surface area contributed by atoms with Gasteiger partial charge in [-0.05, 0) is 64.6 Å². The van der Waals surface area contributed by atoms with E-state index < -0.39 is 0 Å². The number of piperidine rings is 1. The molecule has 2 atom stereocenters. The molecular formula is C22H31N3O3. The lowest BCUT2D eigenvalue weighted by atomic mass is 9.87. The van der Waals surface area contributed by atoms with Crippen LogP contribution in [-0.4, -0.2) is 45.9 Å². The van der Waals surface area contributed by atoms with Crippen LogP contribution in [0.4, 0.5) is 0 Å². The van der Waals surface area contributed by atoms with E-state index in [4.69, 9.17) is 0 Å². The molecule has 6 heteroatoms. The molecule has 4 rings (SSSR count). The van der Waals surface area contributed by atoms with E-state index >= 15 is 0 Å². The molecule has 2 aliphatic heterocycles. The topological polar surface area (TPSA) is 76.4 Å². The van der Waals surface area contributed by atoms with Crippen molar-refractivity contribution in [1.82, 2.24) is 14.9 Å². The summed E-state index contributed by atoms with van der Waals surface area (Å²) in [5.41, 5.74) is 3.44. The van der Waals surface area contributed by atoms with Crippen LogP contribution in [-0.2, 0) is 9.53 Å². The van der Waals surface area contributed by atoms with Crippen LogP contribution in [0, 0.1) is 5.92 Å². The Morgan fingerprint density at radius 3 is 2.68 bits per heavy atom. The van der Waals surface area contributed by atoms with Crippen molar-refractivity contribution in [3.05, 3.63) is 42.4 Å². The van der Waals surface area contributed by atoms with Gasteiger partial charge in [-0.3, -0.25) is 4.79 Å². The first-order valence-corrected chi connectivity index (χ1v) is 10.0. The highest BCUT2D eigenvalue weighted by Gasteiger charge is 2.32. The van der Waals surface area contributed by atoms with Gasteiger partial charge in [0.1, 0.15) is 5.60 Å². The largest absolute Gasteiger partial charge is 0.462 e. The standard InChI is InChI=1S/C17H21N3O.C5H10O2/c21-17(12-5-7-18-8-6-12)9-15-13-3-1-2-4-14(13)16-10-19-11-20(15)16;1-5(2,3)7-4-6/h1-4,10-12,15,17-18,21H,5-9H2;4H,1-3H3. The Morgan fingerprint density at radius 1 is 1.32 bits per heavy atom. The fraction of sp³-hybridized carbons (Fsp3) is 0.545. The summed E-state index contributed by atoms with van der Waals surface area (Å²) in [6.45, 7) is 7.98. The lowest BCUT2D eigenvalue weighted by molar-refractivity contribution is -0.138. The summed E-state index contributed by atoms with van der Waals surface area (Å²) in [7, 11) is 0. The second-order valence-electron chi connectivity index (χ2n) is 8.51. The first-order chi connectivity index (χ1) is 13.4. The maximum absolute atomic E-state index is 10.7. The number of aromatic nitrogens is 2. The number of hydrogen-bond acceptors (Lipinski definition) is 5. The van der Waals surface area contributed by atoms with Gasteiger partial charge in [-0.25, -0.2) is 4.98 Å². The van der Waals surface area contributed by atoms with Gasteiger partial charge in [-0.1, -0.05) is 24.3 Å². The molecule has 3 heterocycles. The van der Waals surface area contributed by atoms with Crippen molar-refractivity contribution in [1.29, 1.82) is 0 Å². The molecule has 1 fully saturated rings. The van der Waals surface area contributed by atoms with Gasteiger partial charge in [-0.15, -0.1) is 0 Å². The fourth-order valence-corrected chi connectivity index (χ4v) is 3.97. The van der Waals surface area contributed by atoms with Crippen molar-refractivity contribution in [2.75, 3.05) is 13.1 Å². The van der Waals surface area contributed by atoms with E-state index in [0.717, 1.165) is 32.4 Å². The zero-order valence-corrected chi connectivity index (χ0v) is 17.0. The van der Waals surface area contributed by atoms with Crippen molar-refractivity contribution in [3.63, 3.8) is 0 Å². The predicted molar refractivity (Wildman–Crippen MR) is 109 cm³/mol. The summed E-state index contributed by atoms with van der Waals surface area (Å²) in [5, 5.41) is 14.0. The number of hydrogen-bond donors (Lipinski definition) is 2. The summed E-state index contributed by atoms with van der Waals surface area (Å²) < 4.78 is 6.77. The lowest BCUT2D eigenvalue weighted by Gasteiger charge is -2.29. The minimum Gasteiger partial charge on any atom is -0.462 e. The monoisotopic (exact) mass is 385 g/mol. The molecule has 1 aromatic carbocycles. The van der Waals surface area contributed by atoms with E-state index in [0.29, 0.717) is 12.4 Å². The van der Waals surface area contributed by atoms with Crippen LogP contribution >= 0.6 is 0 Å². The van der Waals surface area contributed by atoms with Crippen LogP contribution in [0.25, 0.3) is 11.3 Å². The maximum Gasteiger partial charge on any atom is 0.293 e. The smallest absolute Gasteiger partial charge is 0.293 e. The van der Waals surface area contributed by atoms with Crippen molar-refractivity contribution in [3.8, 4) is 11.3 Å². The van der Waals surface area contributed by atoms with Gasteiger partial charge in [0.05, 0.1) is 30.4 Å². The summed E-state index contributed by atoms with van der Waals surface area (Å²) >= 11 is 0. The molecule has 2 aliphatic rings. The lowest BCUT2D eigenvalue weighted by Crippen LogP contribution is -2.35. The molecule has 0 spiro atoms. The molecule has 1 saturated heterocycles. The number of benzene rings is 1. The Balaban J connectivity index is 0.000000279. The van der Waals surface area contributed by atoms with Crippen molar-refractivity contribution >= 4 is 6.47 Å². The Hall–Kier alpha value is -2.18.